The van der Waals surface area contributed by atoms with Crippen molar-refractivity contribution in [3.63, 3.8) is 0 Å². The number of ether oxygens (including phenoxy) is 2. The highest BCUT2D eigenvalue weighted by molar-refractivity contribution is 5.33. The molecule has 1 rings (SSSR count). The second-order valence-electron chi connectivity index (χ2n) is 6.72. The van der Waals surface area contributed by atoms with Gasteiger partial charge in [-0.3, -0.25) is 0 Å². The van der Waals surface area contributed by atoms with Gasteiger partial charge < -0.3 is 24.5 Å². The SMILES string of the molecule is C=C/C=C(\C=C(C)C)Cn1cnc(NC/C=C/C/C=C(OCCO)\C(=C/C)OC)c1. The van der Waals surface area contributed by atoms with Crippen LogP contribution < -0.4 is 5.32 Å². The Kier molecular flexibility index (Phi) is 12.5. The summed E-state index contributed by atoms with van der Waals surface area (Å²) in [6.45, 7) is 11.4. The summed E-state index contributed by atoms with van der Waals surface area (Å²) in [6, 6.07) is 0. The zero-order valence-electron chi connectivity index (χ0n) is 18.6. The van der Waals surface area contributed by atoms with Gasteiger partial charge in [0.05, 0.1) is 20.0 Å². The Morgan fingerprint density at radius 1 is 1.30 bits per heavy atom. The topological polar surface area (TPSA) is 68.5 Å². The van der Waals surface area contributed by atoms with Crippen LogP contribution in [0.4, 0.5) is 5.82 Å². The maximum absolute atomic E-state index is 8.95. The van der Waals surface area contributed by atoms with Crippen molar-refractivity contribution >= 4 is 5.82 Å². The zero-order chi connectivity index (χ0) is 22.2. The quantitative estimate of drug-likeness (QED) is 0.261. The Bertz CT molecular complexity index is 794. The third-order valence-electron chi connectivity index (χ3n) is 3.89. The molecule has 0 aromatic carbocycles. The van der Waals surface area contributed by atoms with E-state index in [4.69, 9.17) is 14.6 Å². The first-order valence-electron chi connectivity index (χ1n) is 10.1. The number of aromatic nitrogens is 2. The molecule has 0 atom stereocenters. The molecular formula is C24H35N3O3. The standard InChI is InChI=1S/C24H35N3O3/c1-6-11-21(16-20(3)4)17-27-18-24(26-19-27)25-13-10-8-9-12-23(30-15-14-28)22(7-2)29-5/h6-8,10-12,16,18-19,25,28H,1,9,13-15,17H2,2-5H3/b10-8+,21-11+,22-7+,23-12+. The molecule has 0 radical (unpaired) electrons. The van der Waals surface area contributed by atoms with Crippen molar-refractivity contribution in [2.24, 2.45) is 0 Å². The number of nitrogens with one attached hydrogen (secondary N) is 1. The number of nitrogens with zero attached hydrogens (tertiary/aromatic N) is 2. The molecule has 0 fully saturated rings. The second-order valence-corrected chi connectivity index (χ2v) is 6.72. The average molecular weight is 414 g/mol. The first-order valence-corrected chi connectivity index (χ1v) is 10.1. The summed E-state index contributed by atoms with van der Waals surface area (Å²) < 4.78 is 12.9. The van der Waals surface area contributed by atoms with E-state index in [-0.39, 0.29) is 13.2 Å². The highest BCUT2D eigenvalue weighted by Crippen LogP contribution is 2.13. The largest absolute Gasteiger partial charge is 0.493 e. The van der Waals surface area contributed by atoms with E-state index in [0.717, 1.165) is 12.4 Å². The fourth-order valence-electron chi connectivity index (χ4n) is 2.68. The molecule has 1 aromatic heterocycles. The smallest absolute Gasteiger partial charge is 0.157 e. The minimum atomic E-state index is -0.0380. The third-order valence-corrected chi connectivity index (χ3v) is 3.89. The third kappa shape index (κ3) is 9.98. The summed E-state index contributed by atoms with van der Waals surface area (Å²) in [5.74, 6) is 2.11. The van der Waals surface area contributed by atoms with Crippen LogP contribution in [0.1, 0.15) is 27.2 Å². The molecule has 6 heteroatoms. The van der Waals surface area contributed by atoms with Crippen molar-refractivity contribution in [2.45, 2.75) is 33.7 Å². The van der Waals surface area contributed by atoms with Crippen molar-refractivity contribution in [1.29, 1.82) is 0 Å². The lowest BCUT2D eigenvalue weighted by atomic mass is 10.1. The van der Waals surface area contributed by atoms with Crippen molar-refractivity contribution in [3.05, 3.63) is 84.3 Å². The van der Waals surface area contributed by atoms with Crippen LogP contribution in [0.3, 0.4) is 0 Å². The van der Waals surface area contributed by atoms with Crippen molar-refractivity contribution < 1.29 is 14.6 Å². The van der Waals surface area contributed by atoms with Crippen LogP contribution in [-0.4, -0.2) is 41.5 Å². The van der Waals surface area contributed by atoms with Crippen LogP contribution in [0, 0.1) is 0 Å². The number of aliphatic hydroxyl groups is 1. The molecule has 0 aliphatic heterocycles. The molecule has 0 saturated carbocycles. The van der Waals surface area contributed by atoms with Crippen molar-refractivity contribution in [2.75, 3.05) is 32.2 Å². The molecule has 1 aromatic rings. The number of hydrogen-bond donors (Lipinski definition) is 2. The lowest BCUT2D eigenvalue weighted by Crippen LogP contribution is -2.03. The Balaban J connectivity index is 2.55. The maximum Gasteiger partial charge on any atom is 0.157 e. The summed E-state index contributed by atoms with van der Waals surface area (Å²) in [5, 5.41) is 12.2. The zero-order valence-corrected chi connectivity index (χ0v) is 18.6. The van der Waals surface area contributed by atoms with E-state index in [0.29, 0.717) is 24.5 Å². The lowest BCUT2D eigenvalue weighted by molar-refractivity contribution is 0.129. The van der Waals surface area contributed by atoms with Gasteiger partial charge in [0, 0.05) is 19.3 Å². The number of imidazole rings is 1. The minimum Gasteiger partial charge on any atom is -0.493 e. The van der Waals surface area contributed by atoms with Crippen LogP contribution in [-0.2, 0) is 16.0 Å². The molecule has 0 aliphatic rings. The highest BCUT2D eigenvalue weighted by Gasteiger charge is 2.04. The van der Waals surface area contributed by atoms with Crippen LogP contribution in [0.2, 0.25) is 0 Å². The monoisotopic (exact) mass is 413 g/mol. The summed E-state index contributed by atoms with van der Waals surface area (Å²) in [7, 11) is 1.60. The molecule has 6 nitrogen and oxygen atoms in total. The number of anilines is 1. The summed E-state index contributed by atoms with van der Waals surface area (Å²) in [5.41, 5.74) is 2.43. The van der Waals surface area contributed by atoms with Gasteiger partial charge >= 0.3 is 0 Å². The predicted molar refractivity (Wildman–Crippen MR) is 124 cm³/mol. The molecule has 2 N–H and O–H groups in total. The van der Waals surface area contributed by atoms with E-state index < -0.39 is 0 Å². The Labute approximate surface area is 180 Å². The van der Waals surface area contributed by atoms with Crippen LogP contribution in [0.15, 0.2) is 84.3 Å². The maximum atomic E-state index is 8.95. The molecule has 30 heavy (non-hydrogen) atoms. The van der Waals surface area contributed by atoms with Crippen molar-refractivity contribution in [1.82, 2.24) is 9.55 Å². The van der Waals surface area contributed by atoms with Gasteiger partial charge in [-0.05, 0) is 44.9 Å². The van der Waals surface area contributed by atoms with E-state index in [1.54, 1.807) is 13.2 Å². The lowest BCUT2D eigenvalue weighted by Gasteiger charge is -2.11. The van der Waals surface area contributed by atoms with Crippen LogP contribution >= 0.6 is 0 Å². The van der Waals surface area contributed by atoms with Gasteiger partial charge in [0.15, 0.2) is 11.5 Å². The van der Waals surface area contributed by atoms with Crippen LogP contribution in [0.25, 0.3) is 0 Å². The normalized spacial score (nSPS) is 12.8. The molecule has 0 amide bonds. The molecular weight excluding hydrogens is 378 g/mol. The van der Waals surface area contributed by atoms with E-state index >= 15 is 0 Å². The molecule has 0 spiro atoms. The Hall–Kier alpha value is -2.99. The summed E-state index contributed by atoms with van der Waals surface area (Å²) >= 11 is 0. The van der Waals surface area contributed by atoms with Gasteiger partial charge in [0.1, 0.15) is 12.4 Å². The fraction of sp³-hybridized carbons (Fsp3) is 0.375. The molecule has 0 aliphatic carbocycles. The molecule has 0 unspecified atom stereocenters. The first kappa shape index (κ1) is 25.0. The number of allylic oxidation sites excluding steroid dienone is 8. The fourth-order valence-corrected chi connectivity index (χ4v) is 2.68. The van der Waals surface area contributed by atoms with Gasteiger partial charge in [-0.25, -0.2) is 4.98 Å². The van der Waals surface area contributed by atoms with E-state index in [1.807, 2.05) is 54.4 Å². The molecule has 1 heterocycles. The second kappa shape index (κ2) is 14.9. The first-order chi connectivity index (χ1) is 14.5. The van der Waals surface area contributed by atoms with Gasteiger partial charge in [-0.1, -0.05) is 42.5 Å². The van der Waals surface area contributed by atoms with Gasteiger partial charge in [0.2, 0.25) is 0 Å². The molecule has 0 saturated heterocycles. The average Bonchev–Trinajstić information content (AvgIpc) is 3.15. The molecule has 0 bridgehead atoms. The Morgan fingerprint density at radius 2 is 2.10 bits per heavy atom. The Morgan fingerprint density at radius 3 is 2.73 bits per heavy atom. The van der Waals surface area contributed by atoms with E-state index in [1.165, 1.54) is 11.1 Å². The van der Waals surface area contributed by atoms with E-state index in [9.17, 15) is 0 Å². The van der Waals surface area contributed by atoms with Gasteiger partial charge in [-0.2, -0.15) is 0 Å². The number of hydrogen-bond acceptors (Lipinski definition) is 5. The summed E-state index contributed by atoms with van der Waals surface area (Å²) in [6.07, 6.45) is 18.3. The number of rotatable bonds is 14. The summed E-state index contributed by atoms with van der Waals surface area (Å²) in [4.78, 5) is 4.40. The number of methoxy groups -OCH3 is 1. The van der Waals surface area contributed by atoms with Crippen molar-refractivity contribution in [3.8, 4) is 0 Å². The van der Waals surface area contributed by atoms with Crippen LogP contribution in [0.5, 0.6) is 0 Å². The van der Waals surface area contributed by atoms with Gasteiger partial charge in [0.25, 0.3) is 0 Å². The highest BCUT2D eigenvalue weighted by atomic mass is 16.5. The van der Waals surface area contributed by atoms with E-state index in [2.05, 4.69) is 36.8 Å². The predicted octanol–water partition coefficient (Wildman–Crippen LogP) is 4.76. The number of aliphatic hydroxyl groups excluding tert-OH is 1. The van der Waals surface area contributed by atoms with Gasteiger partial charge in [-0.15, -0.1) is 0 Å². The molecule has 164 valence electrons. The minimum absolute atomic E-state index is 0.0380.